The van der Waals surface area contributed by atoms with Gasteiger partial charge in [0.25, 0.3) is 0 Å². The summed E-state index contributed by atoms with van der Waals surface area (Å²) in [5.74, 6) is 1.54. The van der Waals surface area contributed by atoms with Crippen molar-refractivity contribution in [3.8, 4) is 0 Å². The van der Waals surface area contributed by atoms with E-state index in [2.05, 4.69) is 42.6 Å². The van der Waals surface area contributed by atoms with Gasteiger partial charge in [-0.3, -0.25) is 0 Å². The van der Waals surface area contributed by atoms with Crippen LogP contribution in [0.1, 0.15) is 24.8 Å². The minimum absolute atomic E-state index is 0.718. The van der Waals surface area contributed by atoms with Crippen LogP contribution in [0.3, 0.4) is 0 Å². The van der Waals surface area contributed by atoms with E-state index in [9.17, 15) is 0 Å². The molecule has 0 aliphatic carbocycles. The summed E-state index contributed by atoms with van der Waals surface area (Å²) in [6, 6.07) is 10.8. The molecule has 1 aromatic rings. The SMILES string of the molecule is CC1CCNC[C@@H]1c1ccccc1. The molecule has 1 aromatic carbocycles. The van der Waals surface area contributed by atoms with Crippen LogP contribution < -0.4 is 5.32 Å². The van der Waals surface area contributed by atoms with E-state index in [0.717, 1.165) is 18.4 Å². The van der Waals surface area contributed by atoms with Gasteiger partial charge in [0.2, 0.25) is 0 Å². The Balaban J connectivity index is 2.15. The van der Waals surface area contributed by atoms with Crippen molar-refractivity contribution in [2.45, 2.75) is 19.3 Å². The molecule has 0 spiro atoms. The molecule has 0 amide bonds. The van der Waals surface area contributed by atoms with Gasteiger partial charge in [0, 0.05) is 6.54 Å². The van der Waals surface area contributed by atoms with E-state index in [4.69, 9.17) is 0 Å². The first kappa shape index (κ1) is 8.76. The first-order valence-corrected chi connectivity index (χ1v) is 5.13. The molecule has 1 aliphatic heterocycles. The molecular weight excluding hydrogens is 158 g/mol. The zero-order valence-electron chi connectivity index (χ0n) is 8.16. The highest BCUT2D eigenvalue weighted by Crippen LogP contribution is 2.28. The topological polar surface area (TPSA) is 12.0 Å². The molecule has 0 bridgehead atoms. The maximum absolute atomic E-state index is 3.46. The third kappa shape index (κ3) is 1.92. The molecule has 1 fully saturated rings. The maximum atomic E-state index is 3.46. The molecule has 0 radical (unpaired) electrons. The quantitative estimate of drug-likeness (QED) is 0.691. The molecular formula is C12H17N. The summed E-state index contributed by atoms with van der Waals surface area (Å²) in [4.78, 5) is 0. The van der Waals surface area contributed by atoms with Gasteiger partial charge in [-0.2, -0.15) is 0 Å². The molecule has 0 saturated carbocycles. The van der Waals surface area contributed by atoms with Crippen LogP contribution in [0.4, 0.5) is 0 Å². The normalized spacial score (nSPS) is 28.7. The Kier molecular flexibility index (Phi) is 2.65. The molecule has 2 atom stereocenters. The lowest BCUT2D eigenvalue weighted by atomic mass is 9.83. The average molecular weight is 175 g/mol. The van der Waals surface area contributed by atoms with E-state index >= 15 is 0 Å². The predicted molar refractivity (Wildman–Crippen MR) is 55.8 cm³/mol. The van der Waals surface area contributed by atoms with Crippen molar-refractivity contribution in [2.24, 2.45) is 5.92 Å². The fourth-order valence-corrected chi connectivity index (χ4v) is 2.14. The molecule has 1 aliphatic rings. The smallest absolute Gasteiger partial charge is 0.00227 e. The van der Waals surface area contributed by atoms with Crippen molar-refractivity contribution in [2.75, 3.05) is 13.1 Å². The molecule has 70 valence electrons. The number of hydrogen-bond donors (Lipinski definition) is 1. The van der Waals surface area contributed by atoms with Gasteiger partial charge in [0.15, 0.2) is 0 Å². The molecule has 1 saturated heterocycles. The van der Waals surface area contributed by atoms with Crippen molar-refractivity contribution in [3.63, 3.8) is 0 Å². The fraction of sp³-hybridized carbons (Fsp3) is 0.500. The third-order valence-corrected chi connectivity index (χ3v) is 3.06. The number of nitrogens with one attached hydrogen (secondary N) is 1. The number of benzene rings is 1. The van der Waals surface area contributed by atoms with Crippen molar-refractivity contribution in [1.29, 1.82) is 0 Å². The number of rotatable bonds is 1. The van der Waals surface area contributed by atoms with E-state index in [1.807, 2.05) is 0 Å². The van der Waals surface area contributed by atoms with Gasteiger partial charge in [0.05, 0.1) is 0 Å². The van der Waals surface area contributed by atoms with E-state index in [-0.39, 0.29) is 0 Å². The fourth-order valence-electron chi connectivity index (χ4n) is 2.14. The Bertz CT molecular complexity index is 255. The summed E-state index contributed by atoms with van der Waals surface area (Å²) in [5, 5.41) is 3.46. The Labute approximate surface area is 80.2 Å². The molecule has 1 heteroatoms. The van der Waals surface area contributed by atoms with Crippen LogP contribution in [0.25, 0.3) is 0 Å². The summed E-state index contributed by atoms with van der Waals surface area (Å²) in [6.45, 7) is 4.69. The van der Waals surface area contributed by atoms with Crippen LogP contribution in [-0.2, 0) is 0 Å². The summed E-state index contributed by atoms with van der Waals surface area (Å²) in [5.41, 5.74) is 1.49. The first-order chi connectivity index (χ1) is 6.38. The van der Waals surface area contributed by atoms with E-state index in [1.54, 1.807) is 0 Å². The Morgan fingerprint density at radius 2 is 2.00 bits per heavy atom. The second-order valence-electron chi connectivity index (χ2n) is 3.99. The van der Waals surface area contributed by atoms with Crippen molar-refractivity contribution in [1.82, 2.24) is 5.32 Å². The number of piperidine rings is 1. The lowest BCUT2D eigenvalue weighted by Gasteiger charge is -2.29. The van der Waals surface area contributed by atoms with Crippen LogP contribution >= 0.6 is 0 Å². The lowest BCUT2D eigenvalue weighted by molar-refractivity contribution is 0.348. The van der Waals surface area contributed by atoms with Gasteiger partial charge in [-0.1, -0.05) is 37.3 Å². The van der Waals surface area contributed by atoms with Gasteiger partial charge in [-0.05, 0) is 30.4 Å². The summed E-state index contributed by atoms with van der Waals surface area (Å²) < 4.78 is 0. The van der Waals surface area contributed by atoms with Gasteiger partial charge in [0.1, 0.15) is 0 Å². The van der Waals surface area contributed by atoms with Crippen molar-refractivity contribution in [3.05, 3.63) is 35.9 Å². The maximum Gasteiger partial charge on any atom is 0.00227 e. The molecule has 1 unspecified atom stereocenters. The monoisotopic (exact) mass is 175 g/mol. The third-order valence-electron chi connectivity index (χ3n) is 3.06. The largest absolute Gasteiger partial charge is 0.316 e. The number of hydrogen-bond acceptors (Lipinski definition) is 1. The highest BCUT2D eigenvalue weighted by Gasteiger charge is 2.21. The second-order valence-corrected chi connectivity index (χ2v) is 3.99. The van der Waals surface area contributed by atoms with Gasteiger partial charge < -0.3 is 5.32 Å². The zero-order valence-corrected chi connectivity index (χ0v) is 8.16. The molecule has 1 heterocycles. The Morgan fingerprint density at radius 1 is 1.23 bits per heavy atom. The molecule has 1 nitrogen and oxygen atoms in total. The van der Waals surface area contributed by atoms with Crippen LogP contribution in [0.15, 0.2) is 30.3 Å². The second kappa shape index (κ2) is 3.93. The minimum Gasteiger partial charge on any atom is -0.316 e. The molecule has 13 heavy (non-hydrogen) atoms. The highest BCUT2D eigenvalue weighted by molar-refractivity contribution is 5.21. The average Bonchev–Trinajstić information content (AvgIpc) is 2.20. The molecule has 1 N–H and O–H groups in total. The van der Waals surface area contributed by atoms with Gasteiger partial charge in [-0.15, -0.1) is 0 Å². The molecule has 0 aromatic heterocycles. The van der Waals surface area contributed by atoms with Gasteiger partial charge in [-0.25, -0.2) is 0 Å². The van der Waals surface area contributed by atoms with Crippen LogP contribution in [0.2, 0.25) is 0 Å². The zero-order chi connectivity index (χ0) is 9.10. The van der Waals surface area contributed by atoms with Gasteiger partial charge >= 0.3 is 0 Å². The van der Waals surface area contributed by atoms with E-state index in [0.29, 0.717) is 0 Å². The lowest BCUT2D eigenvalue weighted by Crippen LogP contribution is -2.33. The van der Waals surface area contributed by atoms with Crippen molar-refractivity contribution < 1.29 is 0 Å². The van der Waals surface area contributed by atoms with E-state index in [1.165, 1.54) is 18.5 Å². The Hall–Kier alpha value is -0.820. The summed E-state index contributed by atoms with van der Waals surface area (Å²) in [6.07, 6.45) is 1.31. The van der Waals surface area contributed by atoms with Crippen LogP contribution in [0, 0.1) is 5.92 Å². The summed E-state index contributed by atoms with van der Waals surface area (Å²) >= 11 is 0. The summed E-state index contributed by atoms with van der Waals surface area (Å²) in [7, 11) is 0. The Morgan fingerprint density at radius 3 is 2.69 bits per heavy atom. The molecule has 2 rings (SSSR count). The highest BCUT2D eigenvalue weighted by atomic mass is 14.9. The first-order valence-electron chi connectivity index (χ1n) is 5.13. The minimum atomic E-state index is 0.718. The standard InChI is InChI=1S/C12H17N/c1-10-7-8-13-9-12(10)11-5-3-2-4-6-11/h2-6,10,12-13H,7-9H2,1H3/t10?,12-/m0/s1. The van der Waals surface area contributed by atoms with E-state index < -0.39 is 0 Å². The van der Waals surface area contributed by atoms with Crippen LogP contribution in [-0.4, -0.2) is 13.1 Å². The van der Waals surface area contributed by atoms with Crippen molar-refractivity contribution >= 4 is 0 Å². The van der Waals surface area contributed by atoms with Crippen LogP contribution in [0.5, 0.6) is 0 Å². The predicted octanol–water partition coefficient (Wildman–Crippen LogP) is 2.40.